The molecule has 0 atom stereocenters. The molecule has 0 spiro atoms. The molecule has 2 N–H and O–H groups in total. The highest BCUT2D eigenvalue weighted by Gasteiger charge is 2.24. The maximum atomic E-state index is 13.5. The van der Waals surface area contributed by atoms with Crippen LogP contribution in [0.25, 0.3) is 11.0 Å². The Morgan fingerprint density at radius 1 is 1.11 bits per heavy atom. The van der Waals surface area contributed by atoms with E-state index in [9.17, 15) is 9.18 Å². The van der Waals surface area contributed by atoms with Crippen LogP contribution in [0.2, 0.25) is 5.02 Å². The molecule has 184 valence electrons. The smallest absolute Gasteiger partial charge is 0.223 e. The molecule has 2 aromatic heterocycles. The number of hydrogen-bond donors (Lipinski definition) is 2. The van der Waals surface area contributed by atoms with Gasteiger partial charge in [0.15, 0.2) is 5.82 Å². The normalized spacial score (nSPS) is 20.2. The number of aromatic nitrogens is 4. The topological polar surface area (TPSA) is 95.9 Å². The van der Waals surface area contributed by atoms with Gasteiger partial charge in [0.25, 0.3) is 0 Å². The lowest BCUT2D eigenvalue weighted by Gasteiger charge is -2.29. The number of likely N-dealkylation sites (tertiary alicyclic amines) is 1. The summed E-state index contributed by atoms with van der Waals surface area (Å²) in [6.45, 7) is 1.86. The van der Waals surface area contributed by atoms with E-state index >= 15 is 0 Å². The number of benzene rings is 1. The molecule has 35 heavy (non-hydrogen) atoms. The number of fused-ring (bicyclic) bond motifs is 1. The third-order valence-electron chi connectivity index (χ3n) is 6.96. The van der Waals surface area contributed by atoms with E-state index in [1.807, 2.05) is 4.90 Å². The molecule has 0 bridgehead atoms. The van der Waals surface area contributed by atoms with Crippen LogP contribution in [-0.2, 0) is 4.79 Å². The van der Waals surface area contributed by atoms with Gasteiger partial charge in [0, 0.05) is 31.2 Å². The van der Waals surface area contributed by atoms with Gasteiger partial charge in [-0.1, -0.05) is 11.6 Å². The lowest BCUT2D eigenvalue weighted by Crippen LogP contribution is -2.30. The number of rotatable bonds is 7. The largest absolute Gasteiger partial charge is 0.351 e. The Bertz CT molecular complexity index is 1200. The molecule has 10 heteroatoms. The van der Waals surface area contributed by atoms with Crippen molar-refractivity contribution in [2.75, 3.05) is 23.7 Å². The zero-order valence-electron chi connectivity index (χ0n) is 19.5. The van der Waals surface area contributed by atoms with Gasteiger partial charge >= 0.3 is 0 Å². The summed E-state index contributed by atoms with van der Waals surface area (Å²) in [7, 11) is 0. The first-order valence-electron chi connectivity index (χ1n) is 12.3. The van der Waals surface area contributed by atoms with Gasteiger partial charge in [-0.15, -0.1) is 0 Å². The molecule has 1 aromatic carbocycles. The van der Waals surface area contributed by atoms with Crippen molar-refractivity contribution < 1.29 is 9.18 Å². The molecule has 5 rings (SSSR count). The number of halogens is 2. The number of hydrogen-bond acceptors (Lipinski definition) is 7. The minimum atomic E-state index is -0.480. The molecule has 1 amide bonds. The number of nitrogens with zero attached hydrogens (tertiary/aromatic N) is 5. The van der Waals surface area contributed by atoms with Crippen molar-refractivity contribution in [3.8, 4) is 0 Å². The molecule has 1 aliphatic carbocycles. The number of carbonyl (C=O) groups excluding carboxylic acids is 1. The maximum Gasteiger partial charge on any atom is 0.223 e. The van der Waals surface area contributed by atoms with Crippen LogP contribution in [0.3, 0.4) is 0 Å². The van der Waals surface area contributed by atoms with E-state index in [2.05, 4.69) is 30.6 Å². The fraction of sp³-hybridized carbons (Fsp3) is 0.480. The predicted molar refractivity (Wildman–Crippen MR) is 134 cm³/mol. The van der Waals surface area contributed by atoms with Crippen molar-refractivity contribution in [3.05, 3.63) is 41.6 Å². The van der Waals surface area contributed by atoms with Crippen molar-refractivity contribution in [2.24, 2.45) is 5.92 Å². The van der Waals surface area contributed by atoms with Crippen LogP contribution >= 0.6 is 11.6 Å². The number of nitrogens with one attached hydrogen (secondary N) is 2. The van der Waals surface area contributed by atoms with Gasteiger partial charge in [0.2, 0.25) is 11.9 Å². The van der Waals surface area contributed by atoms with E-state index in [4.69, 9.17) is 11.6 Å². The fourth-order valence-corrected chi connectivity index (χ4v) is 5.14. The first kappa shape index (κ1) is 23.7. The summed E-state index contributed by atoms with van der Waals surface area (Å²) < 4.78 is 13.5. The molecule has 3 heterocycles. The van der Waals surface area contributed by atoms with Crippen LogP contribution in [0.1, 0.15) is 51.4 Å². The van der Waals surface area contributed by atoms with Gasteiger partial charge in [-0.2, -0.15) is 0 Å². The molecule has 1 aliphatic heterocycles. The van der Waals surface area contributed by atoms with E-state index in [1.165, 1.54) is 18.5 Å². The van der Waals surface area contributed by atoms with E-state index in [0.717, 1.165) is 58.0 Å². The Hall–Kier alpha value is -3.07. The number of carbonyl (C=O) groups is 1. The molecular weight excluding hydrogens is 469 g/mol. The second-order valence-corrected chi connectivity index (χ2v) is 9.80. The van der Waals surface area contributed by atoms with Crippen molar-refractivity contribution in [3.63, 3.8) is 0 Å². The Morgan fingerprint density at radius 3 is 2.69 bits per heavy atom. The molecule has 8 nitrogen and oxygen atoms in total. The fourth-order valence-electron chi connectivity index (χ4n) is 4.96. The Morgan fingerprint density at radius 2 is 1.91 bits per heavy atom. The Balaban J connectivity index is 1.18. The van der Waals surface area contributed by atoms with E-state index in [-0.39, 0.29) is 11.1 Å². The van der Waals surface area contributed by atoms with Crippen molar-refractivity contribution in [1.82, 2.24) is 24.8 Å². The van der Waals surface area contributed by atoms with Crippen LogP contribution in [0, 0.1) is 11.7 Å². The maximum absolute atomic E-state index is 13.5. The summed E-state index contributed by atoms with van der Waals surface area (Å²) in [5.41, 5.74) is 1.78. The zero-order chi connectivity index (χ0) is 24.2. The average molecular weight is 498 g/mol. The molecule has 0 radical (unpaired) electrons. The quantitative estimate of drug-likeness (QED) is 0.455. The summed E-state index contributed by atoms with van der Waals surface area (Å²) in [4.78, 5) is 32.0. The van der Waals surface area contributed by atoms with Gasteiger partial charge in [-0.05, 0) is 69.1 Å². The minimum absolute atomic E-state index is 0.0290. The predicted octanol–water partition coefficient (Wildman–Crippen LogP) is 5.33. The van der Waals surface area contributed by atoms with Crippen molar-refractivity contribution in [2.45, 2.75) is 57.4 Å². The van der Waals surface area contributed by atoms with Crippen LogP contribution in [0.4, 0.5) is 21.8 Å². The van der Waals surface area contributed by atoms with Crippen LogP contribution in [0.5, 0.6) is 0 Å². The molecule has 1 saturated heterocycles. The summed E-state index contributed by atoms with van der Waals surface area (Å²) in [6.07, 6.45) is 11.3. The summed E-state index contributed by atoms with van der Waals surface area (Å²) >= 11 is 5.90. The average Bonchev–Trinajstić information content (AvgIpc) is 3.41. The molecule has 2 aliphatic rings. The first-order valence-corrected chi connectivity index (χ1v) is 12.7. The zero-order valence-corrected chi connectivity index (χ0v) is 20.3. The first-order chi connectivity index (χ1) is 17.0. The monoisotopic (exact) mass is 497 g/mol. The van der Waals surface area contributed by atoms with Crippen molar-refractivity contribution >= 4 is 46.0 Å². The lowest BCUT2D eigenvalue weighted by atomic mass is 9.83. The third-order valence-corrected chi connectivity index (χ3v) is 7.25. The summed E-state index contributed by atoms with van der Waals surface area (Å²) in [6, 6.07) is 4.68. The van der Waals surface area contributed by atoms with Crippen LogP contribution in [0.15, 0.2) is 30.7 Å². The summed E-state index contributed by atoms with van der Waals surface area (Å²) in [5.74, 6) is 1.46. The van der Waals surface area contributed by atoms with E-state index in [0.29, 0.717) is 46.7 Å². The highest BCUT2D eigenvalue weighted by Crippen LogP contribution is 2.30. The highest BCUT2D eigenvalue weighted by atomic mass is 35.5. The second-order valence-electron chi connectivity index (χ2n) is 9.39. The molecular formula is C25H29ClFN7O. The van der Waals surface area contributed by atoms with Crippen LogP contribution < -0.4 is 10.6 Å². The third kappa shape index (κ3) is 5.78. The number of anilines is 3. The van der Waals surface area contributed by atoms with Gasteiger partial charge in [0.05, 0.1) is 11.2 Å². The number of amides is 1. The lowest BCUT2D eigenvalue weighted by molar-refractivity contribution is -0.130. The van der Waals surface area contributed by atoms with Gasteiger partial charge in [0.1, 0.15) is 23.2 Å². The molecule has 3 aromatic rings. The van der Waals surface area contributed by atoms with Crippen molar-refractivity contribution in [1.29, 1.82) is 0 Å². The minimum Gasteiger partial charge on any atom is -0.351 e. The van der Waals surface area contributed by atoms with Gasteiger partial charge < -0.3 is 15.5 Å². The molecule has 0 unspecified atom stereocenters. The van der Waals surface area contributed by atoms with Gasteiger partial charge in [-0.3, -0.25) is 4.79 Å². The highest BCUT2D eigenvalue weighted by molar-refractivity contribution is 6.31. The molecule has 2 fully saturated rings. The second kappa shape index (κ2) is 10.7. The standard InChI is InChI=1S/C25H29ClFN7O/c26-19-13-18(8-9-20(19)27)31-24-23-21(29-15-30-24)14-28-25(33-23)32-17-6-3-16(4-7-17)5-10-22(35)34-11-1-2-12-34/h8-9,13-17H,1-7,10-12H2,(H,28,32,33)(H,29,30,31)/t16-,17-. The van der Waals surface area contributed by atoms with E-state index < -0.39 is 5.82 Å². The Kier molecular flexibility index (Phi) is 7.22. The summed E-state index contributed by atoms with van der Waals surface area (Å²) in [5, 5.41) is 6.63. The SMILES string of the molecule is O=C(CC[C@H]1CC[C@H](Nc2ncc3ncnc(Nc4ccc(F)c(Cl)c4)c3n2)CC1)N1CCCC1. The van der Waals surface area contributed by atoms with Gasteiger partial charge in [-0.25, -0.2) is 24.3 Å². The van der Waals surface area contributed by atoms with Crippen LogP contribution in [-0.4, -0.2) is 49.9 Å². The van der Waals surface area contributed by atoms with E-state index in [1.54, 1.807) is 12.3 Å². The molecule has 1 saturated carbocycles. The Labute approximate surface area is 208 Å².